The monoisotopic (exact) mass is 298 g/mol. The van der Waals surface area contributed by atoms with Crippen molar-refractivity contribution in [3.05, 3.63) is 42.5 Å². The minimum absolute atomic E-state index is 0.0413. The second-order valence-corrected chi connectivity index (χ2v) is 4.87. The zero-order chi connectivity index (χ0) is 15.5. The Morgan fingerprint density at radius 1 is 1.05 bits per heavy atom. The Morgan fingerprint density at radius 2 is 1.73 bits per heavy atom. The molecule has 0 unspecified atom stereocenters. The molecule has 0 saturated carbocycles. The summed E-state index contributed by atoms with van der Waals surface area (Å²) in [5.41, 5.74) is 2.72. The van der Waals surface area contributed by atoms with E-state index in [1.54, 1.807) is 14.2 Å². The lowest BCUT2D eigenvalue weighted by Gasteiger charge is -2.10. The van der Waals surface area contributed by atoms with Crippen LogP contribution in [0.4, 0.5) is 0 Å². The highest BCUT2D eigenvalue weighted by atomic mass is 16.5. The van der Waals surface area contributed by atoms with Crippen LogP contribution in [0.15, 0.2) is 42.5 Å². The molecule has 2 aromatic carbocycles. The lowest BCUT2D eigenvalue weighted by molar-refractivity contribution is 0.278. The van der Waals surface area contributed by atoms with Crippen molar-refractivity contribution in [1.29, 1.82) is 0 Å². The lowest BCUT2D eigenvalue weighted by atomic mass is 10.2. The van der Waals surface area contributed by atoms with Gasteiger partial charge in [0.1, 0.15) is 5.82 Å². The Hall–Kier alpha value is -2.53. The molecular formula is C17H18N2O3. The summed E-state index contributed by atoms with van der Waals surface area (Å²) in [6.45, 7) is 0.510. The van der Waals surface area contributed by atoms with Crippen LogP contribution >= 0.6 is 0 Å². The van der Waals surface area contributed by atoms with Crippen LogP contribution in [0.1, 0.15) is 0 Å². The molecule has 0 aliphatic rings. The number of aliphatic hydroxyl groups is 1. The fraction of sp³-hybridized carbons (Fsp3) is 0.235. The topological polar surface area (TPSA) is 56.5 Å². The summed E-state index contributed by atoms with van der Waals surface area (Å²) in [4.78, 5) is 4.70. The van der Waals surface area contributed by atoms with Gasteiger partial charge in [-0.2, -0.15) is 0 Å². The first-order chi connectivity index (χ1) is 10.8. The van der Waals surface area contributed by atoms with Crippen molar-refractivity contribution in [2.75, 3.05) is 20.8 Å². The summed E-state index contributed by atoms with van der Waals surface area (Å²) >= 11 is 0. The van der Waals surface area contributed by atoms with Crippen LogP contribution in [0.25, 0.3) is 22.4 Å². The Bertz CT molecular complexity index is 781. The zero-order valence-corrected chi connectivity index (χ0v) is 12.6. The molecule has 3 rings (SSSR count). The molecule has 5 heteroatoms. The molecule has 0 fully saturated rings. The van der Waals surface area contributed by atoms with Crippen LogP contribution in [-0.2, 0) is 6.54 Å². The first-order valence-corrected chi connectivity index (χ1v) is 7.07. The van der Waals surface area contributed by atoms with Gasteiger partial charge in [0.2, 0.25) is 0 Å². The van der Waals surface area contributed by atoms with Gasteiger partial charge in [0.25, 0.3) is 0 Å². The summed E-state index contributed by atoms with van der Waals surface area (Å²) < 4.78 is 12.7. The van der Waals surface area contributed by atoms with E-state index in [2.05, 4.69) is 0 Å². The van der Waals surface area contributed by atoms with Crippen LogP contribution in [0.5, 0.6) is 11.5 Å². The van der Waals surface area contributed by atoms with Crippen molar-refractivity contribution in [2.24, 2.45) is 0 Å². The number of aliphatic hydroxyl groups excluding tert-OH is 1. The van der Waals surface area contributed by atoms with Crippen molar-refractivity contribution in [1.82, 2.24) is 9.55 Å². The number of ether oxygens (including phenoxy) is 2. The van der Waals surface area contributed by atoms with Crippen molar-refractivity contribution in [3.8, 4) is 22.9 Å². The quantitative estimate of drug-likeness (QED) is 0.787. The van der Waals surface area contributed by atoms with Gasteiger partial charge < -0.3 is 19.1 Å². The molecule has 0 bridgehead atoms. The number of hydrogen-bond donors (Lipinski definition) is 1. The molecule has 0 saturated heterocycles. The first kappa shape index (κ1) is 14.4. The first-order valence-electron chi connectivity index (χ1n) is 7.07. The summed E-state index contributed by atoms with van der Waals surface area (Å²) in [5.74, 6) is 2.11. The molecule has 5 nitrogen and oxygen atoms in total. The van der Waals surface area contributed by atoms with Crippen LogP contribution in [0.3, 0.4) is 0 Å². The van der Waals surface area contributed by atoms with E-state index in [9.17, 15) is 5.11 Å². The average molecular weight is 298 g/mol. The van der Waals surface area contributed by atoms with Gasteiger partial charge in [0.15, 0.2) is 11.5 Å². The number of imidazole rings is 1. The van der Waals surface area contributed by atoms with Crippen LogP contribution < -0.4 is 9.47 Å². The molecule has 22 heavy (non-hydrogen) atoms. The Morgan fingerprint density at radius 3 is 2.36 bits per heavy atom. The van der Waals surface area contributed by atoms with Gasteiger partial charge in [-0.25, -0.2) is 4.98 Å². The molecule has 1 heterocycles. The Labute approximate surface area is 128 Å². The fourth-order valence-electron chi connectivity index (χ4n) is 2.59. The predicted octanol–water partition coefficient (Wildman–Crippen LogP) is 2.71. The SMILES string of the molecule is COc1cc2nc(-c3ccccc3)n(CCO)c2cc1OC. The van der Waals surface area contributed by atoms with Crippen LogP contribution in [0, 0.1) is 0 Å². The van der Waals surface area contributed by atoms with Gasteiger partial charge in [0, 0.05) is 24.2 Å². The number of rotatable bonds is 5. The predicted molar refractivity (Wildman–Crippen MR) is 85.4 cm³/mol. The highest BCUT2D eigenvalue weighted by molar-refractivity contribution is 5.84. The number of methoxy groups -OCH3 is 2. The minimum Gasteiger partial charge on any atom is -0.493 e. The maximum absolute atomic E-state index is 9.39. The molecule has 0 aliphatic carbocycles. The van der Waals surface area contributed by atoms with Gasteiger partial charge in [0.05, 0.1) is 31.9 Å². The molecule has 1 aromatic heterocycles. The zero-order valence-electron chi connectivity index (χ0n) is 12.6. The Kier molecular flexibility index (Phi) is 3.98. The minimum atomic E-state index is 0.0413. The normalized spacial score (nSPS) is 10.9. The number of benzene rings is 2. The molecular weight excluding hydrogens is 280 g/mol. The van der Waals surface area contributed by atoms with E-state index in [-0.39, 0.29) is 6.61 Å². The van der Waals surface area contributed by atoms with E-state index in [0.29, 0.717) is 18.0 Å². The third kappa shape index (κ3) is 2.40. The molecule has 114 valence electrons. The second-order valence-electron chi connectivity index (χ2n) is 4.87. The van der Waals surface area contributed by atoms with E-state index in [1.807, 2.05) is 47.0 Å². The fourth-order valence-corrected chi connectivity index (χ4v) is 2.59. The van der Waals surface area contributed by atoms with Gasteiger partial charge in [-0.15, -0.1) is 0 Å². The molecule has 0 amide bonds. The van der Waals surface area contributed by atoms with Gasteiger partial charge in [-0.1, -0.05) is 30.3 Å². The summed E-state index contributed by atoms with van der Waals surface area (Å²) in [5, 5.41) is 9.39. The number of fused-ring (bicyclic) bond motifs is 1. The molecule has 1 N–H and O–H groups in total. The molecule has 3 aromatic rings. The molecule has 0 radical (unpaired) electrons. The standard InChI is InChI=1S/C17H18N2O3/c1-21-15-10-13-14(11-16(15)22-2)19(8-9-20)17(18-13)12-6-4-3-5-7-12/h3-7,10-11,20H,8-9H2,1-2H3. The van der Waals surface area contributed by atoms with Crippen LogP contribution in [0.2, 0.25) is 0 Å². The molecule has 0 atom stereocenters. The van der Waals surface area contributed by atoms with Gasteiger partial charge >= 0.3 is 0 Å². The van der Waals surface area contributed by atoms with Gasteiger partial charge in [-0.05, 0) is 0 Å². The van der Waals surface area contributed by atoms with Gasteiger partial charge in [-0.3, -0.25) is 0 Å². The molecule has 0 spiro atoms. The third-order valence-corrected chi connectivity index (χ3v) is 3.61. The smallest absolute Gasteiger partial charge is 0.163 e. The number of aromatic nitrogens is 2. The van der Waals surface area contributed by atoms with Crippen molar-refractivity contribution in [2.45, 2.75) is 6.54 Å². The van der Waals surface area contributed by atoms with E-state index >= 15 is 0 Å². The summed E-state index contributed by atoms with van der Waals surface area (Å²) in [6.07, 6.45) is 0. The second kappa shape index (κ2) is 6.07. The number of nitrogens with zero attached hydrogens (tertiary/aromatic N) is 2. The van der Waals surface area contributed by atoms with Crippen molar-refractivity contribution < 1.29 is 14.6 Å². The van der Waals surface area contributed by atoms with E-state index < -0.39 is 0 Å². The highest BCUT2D eigenvalue weighted by Gasteiger charge is 2.15. The Balaban J connectivity index is 2.26. The van der Waals surface area contributed by atoms with E-state index in [4.69, 9.17) is 14.5 Å². The molecule has 0 aliphatic heterocycles. The van der Waals surface area contributed by atoms with Crippen LogP contribution in [-0.4, -0.2) is 35.5 Å². The highest BCUT2D eigenvalue weighted by Crippen LogP contribution is 2.34. The lowest BCUT2D eigenvalue weighted by Crippen LogP contribution is -2.04. The summed E-state index contributed by atoms with van der Waals surface area (Å²) in [6, 6.07) is 13.7. The number of hydrogen-bond acceptors (Lipinski definition) is 4. The maximum atomic E-state index is 9.39. The van der Waals surface area contributed by atoms with E-state index in [1.165, 1.54) is 0 Å². The van der Waals surface area contributed by atoms with Crippen molar-refractivity contribution >= 4 is 11.0 Å². The summed E-state index contributed by atoms with van der Waals surface area (Å²) in [7, 11) is 3.21. The third-order valence-electron chi connectivity index (χ3n) is 3.61. The van der Waals surface area contributed by atoms with E-state index in [0.717, 1.165) is 22.4 Å². The maximum Gasteiger partial charge on any atom is 0.163 e. The average Bonchev–Trinajstić information content (AvgIpc) is 2.92. The van der Waals surface area contributed by atoms with Crippen molar-refractivity contribution in [3.63, 3.8) is 0 Å². The largest absolute Gasteiger partial charge is 0.493 e.